The van der Waals surface area contributed by atoms with Crippen molar-refractivity contribution in [2.24, 2.45) is 0 Å². The van der Waals surface area contributed by atoms with Gasteiger partial charge in [-0.1, -0.05) is 66.0 Å². The number of anilines is 1. The molecule has 0 unspecified atom stereocenters. The van der Waals surface area contributed by atoms with E-state index < -0.39 is 28.5 Å². The molecule has 0 bridgehead atoms. The third-order valence-corrected chi connectivity index (χ3v) is 8.67. The van der Waals surface area contributed by atoms with E-state index in [-0.39, 0.29) is 29.1 Å². The number of carbonyl (C=O) groups is 2. The molecule has 40 heavy (non-hydrogen) atoms. The van der Waals surface area contributed by atoms with E-state index in [1.807, 2.05) is 27.7 Å². The van der Waals surface area contributed by atoms with Crippen LogP contribution in [-0.4, -0.2) is 43.8 Å². The number of sulfonamides is 1. The first kappa shape index (κ1) is 31.5. The van der Waals surface area contributed by atoms with Gasteiger partial charge in [-0.25, -0.2) is 8.42 Å². The minimum Gasteiger partial charge on any atom is -0.352 e. The van der Waals surface area contributed by atoms with E-state index in [4.69, 9.17) is 23.2 Å². The molecule has 0 aromatic heterocycles. The molecule has 1 atom stereocenters. The molecular weight excluding hydrogens is 569 g/mol. The third-order valence-electron chi connectivity index (χ3n) is 6.41. The number of rotatable bonds is 11. The van der Waals surface area contributed by atoms with Crippen LogP contribution in [0.15, 0.2) is 71.6 Å². The maximum atomic E-state index is 14.1. The summed E-state index contributed by atoms with van der Waals surface area (Å²) in [7, 11) is -4.18. The van der Waals surface area contributed by atoms with Crippen LogP contribution >= 0.6 is 23.2 Å². The summed E-state index contributed by atoms with van der Waals surface area (Å²) >= 11 is 12.3. The van der Waals surface area contributed by atoms with E-state index in [0.29, 0.717) is 22.0 Å². The standard InChI is InChI=1S/C30H35Cl2N3O4S/c1-6-27(30(37)33-20(2)3)34(18-23-10-13-24(31)14-11-23)29(36)19-35(28-17-25(32)12-9-22(28)5)40(38,39)26-15-7-21(4)8-16-26/h7-17,20,27H,6,18-19H2,1-5H3,(H,33,37)/t27-/m1/s1. The van der Waals surface area contributed by atoms with Crippen molar-refractivity contribution in [2.75, 3.05) is 10.8 Å². The van der Waals surface area contributed by atoms with Crippen LogP contribution in [-0.2, 0) is 26.2 Å². The molecule has 0 radical (unpaired) electrons. The van der Waals surface area contributed by atoms with Crippen LogP contribution in [0, 0.1) is 13.8 Å². The van der Waals surface area contributed by atoms with Gasteiger partial charge in [0, 0.05) is 22.6 Å². The van der Waals surface area contributed by atoms with Gasteiger partial charge >= 0.3 is 0 Å². The van der Waals surface area contributed by atoms with E-state index in [1.54, 1.807) is 55.5 Å². The monoisotopic (exact) mass is 603 g/mol. The molecule has 0 spiro atoms. The minimum absolute atomic E-state index is 0.0409. The highest BCUT2D eigenvalue weighted by Gasteiger charge is 2.34. The van der Waals surface area contributed by atoms with Crippen molar-refractivity contribution in [3.05, 3.63) is 93.5 Å². The zero-order valence-corrected chi connectivity index (χ0v) is 25.6. The molecule has 0 heterocycles. The zero-order valence-electron chi connectivity index (χ0n) is 23.3. The van der Waals surface area contributed by atoms with Gasteiger partial charge in [-0.2, -0.15) is 0 Å². The summed E-state index contributed by atoms with van der Waals surface area (Å²) in [4.78, 5) is 28.8. The first-order valence-corrected chi connectivity index (χ1v) is 15.2. The van der Waals surface area contributed by atoms with E-state index in [0.717, 1.165) is 15.4 Å². The molecule has 7 nitrogen and oxygen atoms in total. The number of carbonyl (C=O) groups excluding carboxylic acids is 2. The summed E-state index contributed by atoms with van der Waals surface area (Å²) in [5.41, 5.74) is 2.56. The number of nitrogens with one attached hydrogen (secondary N) is 1. The average Bonchev–Trinajstić information content (AvgIpc) is 2.89. The van der Waals surface area contributed by atoms with E-state index >= 15 is 0 Å². The zero-order chi connectivity index (χ0) is 29.6. The van der Waals surface area contributed by atoms with Crippen LogP contribution in [0.2, 0.25) is 10.0 Å². The molecule has 0 aliphatic heterocycles. The summed E-state index contributed by atoms with van der Waals surface area (Å²) in [6, 6.07) is 17.3. The van der Waals surface area contributed by atoms with Gasteiger partial charge in [0.25, 0.3) is 10.0 Å². The Labute approximate surface area is 247 Å². The number of benzene rings is 3. The van der Waals surface area contributed by atoms with E-state index in [1.165, 1.54) is 23.1 Å². The Balaban J connectivity index is 2.10. The van der Waals surface area contributed by atoms with Crippen LogP contribution < -0.4 is 9.62 Å². The summed E-state index contributed by atoms with van der Waals surface area (Å²) in [5, 5.41) is 3.75. The Morgan fingerprint density at radius 2 is 1.50 bits per heavy atom. The first-order valence-electron chi connectivity index (χ1n) is 13.0. The molecule has 3 aromatic carbocycles. The molecule has 0 aliphatic carbocycles. The molecule has 0 aliphatic rings. The summed E-state index contributed by atoms with van der Waals surface area (Å²) < 4.78 is 29.1. The molecule has 1 N–H and O–H groups in total. The Bertz CT molecular complexity index is 1440. The van der Waals surface area contributed by atoms with Gasteiger partial charge in [-0.15, -0.1) is 0 Å². The maximum Gasteiger partial charge on any atom is 0.264 e. The smallest absolute Gasteiger partial charge is 0.264 e. The lowest BCUT2D eigenvalue weighted by molar-refractivity contribution is -0.140. The highest BCUT2D eigenvalue weighted by molar-refractivity contribution is 7.92. The van der Waals surface area contributed by atoms with Gasteiger partial charge in [0.1, 0.15) is 12.6 Å². The minimum atomic E-state index is -4.18. The molecule has 2 amide bonds. The first-order chi connectivity index (χ1) is 18.8. The van der Waals surface area contributed by atoms with Crippen LogP contribution in [0.5, 0.6) is 0 Å². The maximum absolute atomic E-state index is 14.1. The fourth-order valence-electron chi connectivity index (χ4n) is 4.29. The molecule has 0 fully saturated rings. The molecule has 3 rings (SSSR count). The van der Waals surface area contributed by atoms with Gasteiger partial charge in [0.05, 0.1) is 10.6 Å². The highest BCUT2D eigenvalue weighted by Crippen LogP contribution is 2.30. The predicted molar refractivity (Wildman–Crippen MR) is 161 cm³/mol. The normalized spacial score (nSPS) is 12.2. The summed E-state index contributed by atoms with van der Waals surface area (Å²) in [6.45, 7) is 8.67. The highest BCUT2D eigenvalue weighted by atomic mass is 35.5. The SMILES string of the molecule is CC[C@H](C(=O)NC(C)C)N(Cc1ccc(Cl)cc1)C(=O)CN(c1cc(Cl)ccc1C)S(=O)(=O)c1ccc(C)cc1. The molecular formula is C30H35Cl2N3O4S. The Hall–Kier alpha value is -3.07. The number of hydrogen-bond donors (Lipinski definition) is 1. The fourth-order valence-corrected chi connectivity index (χ4v) is 6.05. The van der Waals surface area contributed by atoms with Crippen molar-refractivity contribution < 1.29 is 18.0 Å². The largest absolute Gasteiger partial charge is 0.352 e. The van der Waals surface area contributed by atoms with Gasteiger partial charge in [-0.05, 0) is 81.6 Å². The summed E-state index contributed by atoms with van der Waals surface area (Å²) in [5.74, 6) is -0.845. The topological polar surface area (TPSA) is 86.8 Å². The molecule has 0 saturated heterocycles. The van der Waals surface area contributed by atoms with Crippen molar-refractivity contribution in [1.82, 2.24) is 10.2 Å². The van der Waals surface area contributed by atoms with Gasteiger partial charge in [0.15, 0.2) is 0 Å². The Morgan fingerprint density at radius 1 is 0.900 bits per heavy atom. The quantitative estimate of drug-likeness (QED) is 0.285. The number of halogens is 2. The van der Waals surface area contributed by atoms with Gasteiger partial charge in [-0.3, -0.25) is 13.9 Å². The predicted octanol–water partition coefficient (Wildman–Crippen LogP) is 6.14. The van der Waals surface area contributed by atoms with E-state index in [9.17, 15) is 18.0 Å². The fraction of sp³-hybridized carbons (Fsp3) is 0.333. The van der Waals surface area contributed by atoms with Crippen LogP contribution in [0.1, 0.15) is 43.9 Å². The average molecular weight is 605 g/mol. The molecule has 10 heteroatoms. The van der Waals surface area contributed by atoms with Gasteiger partial charge < -0.3 is 10.2 Å². The third kappa shape index (κ3) is 7.77. The lowest BCUT2D eigenvalue weighted by Crippen LogP contribution is -2.53. The Morgan fingerprint density at radius 3 is 2.08 bits per heavy atom. The van der Waals surface area contributed by atoms with Crippen molar-refractivity contribution in [3.63, 3.8) is 0 Å². The van der Waals surface area contributed by atoms with Crippen LogP contribution in [0.25, 0.3) is 0 Å². The van der Waals surface area contributed by atoms with Crippen molar-refractivity contribution in [3.8, 4) is 0 Å². The second-order valence-electron chi connectivity index (χ2n) is 9.99. The second-order valence-corrected chi connectivity index (χ2v) is 12.7. The van der Waals surface area contributed by atoms with Crippen molar-refractivity contribution in [1.29, 1.82) is 0 Å². The number of amides is 2. The van der Waals surface area contributed by atoms with E-state index in [2.05, 4.69) is 5.32 Å². The van der Waals surface area contributed by atoms with Crippen molar-refractivity contribution >= 4 is 50.7 Å². The van der Waals surface area contributed by atoms with Crippen LogP contribution in [0.3, 0.4) is 0 Å². The molecule has 3 aromatic rings. The number of aryl methyl sites for hydroxylation is 2. The lowest BCUT2D eigenvalue weighted by Gasteiger charge is -2.34. The van der Waals surface area contributed by atoms with Crippen molar-refractivity contribution in [2.45, 2.75) is 64.6 Å². The second kappa shape index (κ2) is 13.5. The number of hydrogen-bond acceptors (Lipinski definition) is 4. The molecule has 0 saturated carbocycles. The Kier molecular flexibility index (Phi) is 10.6. The van der Waals surface area contributed by atoms with Gasteiger partial charge in [0.2, 0.25) is 11.8 Å². The lowest BCUT2D eigenvalue weighted by atomic mass is 10.1. The summed E-state index contributed by atoms with van der Waals surface area (Å²) in [6.07, 6.45) is 0.332. The van der Waals surface area contributed by atoms with Crippen LogP contribution in [0.4, 0.5) is 5.69 Å². The number of nitrogens with zero attached hydrogens (tertiary/aromatic N) is 2. The molecule has 214 valence electrons.